The highest BCUT2D eigenvalue weighted by Gasteiger charge is 2.16. The smallest absolute Gasteiger partial charge is 0.362 e. The van der Waals surface area contributed by atoms with Crippen LogP contribution in [0.4, 0.5) is 0 Å². The molecule has 2 rings (SSSR count). The molecule has 1 aromatic carbocycles. The van der Waals surface area contributed by atoms with Crippen molar-refractivity contribution in [2.75, 3.05) is 14.2 Å². The molecule has 2 aromatic rings. The van der Waals surface area contributed by atoms with Crippen LogP contribution in [0, 0.1) is 13.8 Å². The molecule has 0 fully saturated rings. The van der Waals surface area contributed by atoms with Gasteiger partial charge in [-0.05, 0) is 37.6 Å². The second-order valence-corrected chi connectivity index (χ2v) is 4.58. The predicted molar refractivity (Wildman–Crippen MR) is 77.2 cm³/mol. The number of hydrogen-bond acceptors (Lipinski definition) is 5. The van der Waals surface area contributed by atoms with Crippen LogP contribution in [0.3, 0.4) is 0 Å². The molecule has 0 aliphatic rings. The monoisotopic (exact) mass is 288 g/mol. The summed E-state index contributed by atoms with van der Waals surface area (Å²) < 4.78 is 11.3. The van der Waals surface area contributed by atoms with Gasteiger partial charge < -0.3 is 9.47 Å². The lowest BCUT2D eigenvalue weighted by atomic mass is 10.2. The zero-order chi connectivity index (χ0) is 15.6. The number of carbonyl (C=O) groups excluding carboxylic acids is 1. The molecule has 0 N–H and O–H groups in total. The van der Waals surface area contributed by atoms with Crippen LogP contribution in [0.5, 0.6) is 5.75 Å². The number of aryl methyl sites for hydroxylation is 2. The minimum Gasteiger partial charge on any atom is -0.496 e. The van der Waals surface area contributed by atoms with E-state index in [-0.39, 0.29) is 5.69 Å². The zero-order valence-corrected chi connectivity index (χ0v) is 12.3. The van der Waals surface area contributed by atoms with Crippen molar-refractivity contribution >= 4 is 5.97 Å². The number of methoxy groups -OCH3 is 2. The molecule has 0 amide bonds. The van der Waals surface area contributed by atoms with Gasteiger partial charge in [0.2, 0.25) is 11.1 Å². The van der Waals surface area contributed by atoms with Crippen LogP contribution in [0.2, 0.25) is 0 Å². The van der Waals surface area contributed by atoms with Gasteiger partial charge in [-0.1, -0.05) is 0 Å². The van der Waals surface area contributed by atoms with Crippen LogP contribution >= 0.6 is 0 Å². The van der Waals surface area contributed by atoms with Crippen molar-refractivity contribution in [2.24, 2.45) is 0 Å². The summed E-state index contributed by atoms with van der Waals surface area (Å²) in [4.78, 5) is 23.5. The first kappa shape index (κ1) is 14.8. The molecule has 0 unspecified atom stereocenters. The van der Waals surface area contributed by atoms with E-state index in [1.54, 1.807) is 32.4 Å². The summed E-state index contributed by atoms with van der Waals surface area (Å²) in [6.07, 6.45) is 1.58. The molecule has 0 saturated carbocycles. The Morgan fingerprint density at radius 2 is 1.90 bits per heavy atom. The van der Waals surface area contributed by atoms with Crippen molar-refractivity contribution in [3.05, 3.63) is 51.4 Å². The second kappa shape index (κ2) is 5.78. The number of carbonyl (C=O) groups is 1. The minimum atomic E-state index is -0.748. The van der Waals surface area contributed by atoms with Crippen molar-refractivity contribution in [2.45, 2.75) is 13.8 Å². The van der Waals surface area contributed by atoms with Crippen molar-refractivity contribution in [1.29, 1.82) is 0 Å². The van der Waals surface area contributed by atoms with Crippen molar-refractivity contribution < 1.29 is 14.3 Å². The van der Waals surface area contributed by atoms with Gasteiger partial charge in [0.1, 0.15) is 5.75 Å². The fraction of sp³-hybridized carbons (Fsp3) is 0.267. The topological polar surface area (TPSA) is 70.4 Å². The molecule has 110 valence electrons. The van der Waals surface area contributed by atoms with Crippen LogP contribution in [-0.4, -0.2) is 30.0 Å². The number of nitrogens with zero attached hydrogens (tertiary/aromatic N) is 2. The molecule has 6 nitrogen and oxygen atoms in total. The second-order valence-electron chi connectivity index (χ2n) is 4.58. The van der Waals surface area contributed by atoms with Crippen molar-refractivity contribution in [1.82, 2.24) is 9.78 Å². The number of esters is 1. The van der Waals surface area contributed by atoms with Gasteiger partial charge in [-0.15, -0.1) is 0 Å². The molecule has 0 radical (unpaired) electrons. The van der Waals surface area contributed by atoms with Gasteiger partial charge in [-0.2, -0.15) is 5.10 Å². The van der Waals surface area contributed by atoms with Gasteiger partial charge in [0.05, 0.1) is 19.9 Å². The van der Waals surface area contributed by atoms with E-state index in [1.807, 2.05) is 13.0 Å². The van der Waals surface area contributed by atoms with Crippen LogP contribution in [0.1, 0.15) is 21.6 Å². The average molecular weight is 288 g/mol. The lowest BCUT2D eigenvalue weighted by Crippen LogP contribution is -2.24. The summed E-state index contributed by atoms with van der Waals surface area (Å²) in [5.41, 5.74) is 1.41. The summed E-state index contributed by atoms with van der Waals surface area (Å²) in [6.45, 7) is 3.53. The molecule has 0 spiro atoms. The van der Waals surface area contributed by atoms with E-state index in [0.717, 1.165) is 17.0 Å². The third-order valence-corrected chi connectivity index (χ3v) is 3.12. The quantitative estimate of drug-likeness (QED) is 0.803. The lowest BCUT2D eigenvalue weighted by Gasteiger charge is -2.11. The SMILES string of the molecule is COC(=O)c1nn(-c2ccc(OC)c(C)c2)cc(C)c1=O. The van der Waals surface area contributed by atoms with Crippen LogP contribution in [0.15, 0.2) is 29.2 Å². The molecule has 0 saturated heterocycles. The first-order chi connectivity index (χ1) is 9.97. The number of hydrogen-bond donors (Lipinski definition) is 0. The predicted octanol–water partition coefficient (Wildman–Crippen LogP) is 1.64. The van der Waals surface area contributed by atoms with Crippen LogP contribution in [0.25, 0.3) is 5.69 Å². The van der Waals surface area contributed by atoms with E-state index in [9.17, 15) is 9.59 Å². The highest BCUT2D eigenvalue weighted by Crippen LogP contribution is 2.20. The summed E-state index contributed by atoms with van der Waals surface area (Å²) in [5.74, 6) is 0.00684. The van der Waals surface area contributed by atoms with Gasteiger partial charge in [0.25, 0.3) is 0 Å². The van der Waals surface area contributed by atoms with E-state index in [1.165, 1.54) is 11.8 Å². The number of ether oxygens (including phenoxy) is 2. The normalized spacial score (nSPS) is 10.3. The Hall–Kier alpha value is -2.63. The lowest BCUT2D eigenvalue weighted by molar-refractivity contribution is 0.0590. The number of aromatic nitrogens is 2. The van der Waals surface area contributed by atoms with Gasteiger partial charge in [-0.3, -0.25) is 4.79 Å². The van der Waals surface area contributed by atoms with Crippen molar-refractivity contribution in [3.8, 4) is 11.4 Å². The summed E-state index contributed by atoms with van der Waals surface area (Å²) in [7, 11) is 2.81. The molecule has 0 bridgehead atoms. The fourth-order valence-electron chi connectivity index (χ4n) is 1.98. The molecular weight excluding hydrogens is 272 g/mol. The standard InChI is InChI=1S/C15H16N2O4/c1-9-7-11(5-6-12(9)20-3)17-8-10(2)14(18)13(16-17)15(19)21-4/h5-8H,1-4H3. The van der Waals surface area contributed by atoms with E-state index >= 15 is 0 Å². The average Bonchev–Trinajstić information content (AvgIpc) is 2.49. The molecule has 0 aliphatic carbocycles. The van der Waals surface area contributed by atoms with Crippen molar-refractivity contribution in [3.63, 3.8) is 0 Å². The van der Waals surface area contributed by atoms with Gasteiger partial charge in [-0.25, -0.2) is 9.48 Å². The molecule has 0 atom stereocenters. The summed E-state index contributed by atoms with van der Waals surface area (Å²) >= 11 is 0. The fourth-order valence-corrected chi connectivity index (χ4v) is 1.98. The molecule has 1 aromatic heterocycles. The Morgan fingerprint density at radius 3 is 2.48 bits per heavy atom. The Bertz CT molecular complexity index is 750. The third-order valence-electron chi connectivity index (χ3n) is 3.12. The largest absolute Gasteiger partial charge is 0.496 e. The maximum absolute atomic E-state index is 11.9. The molecular formula is C15H16N2O4. The number of benzene rings is 1. The summed E-state index contributed by atoms with van der Waals surface area (Å²) in [6, 6.07) is 5.46. The highest BCUT2D eigenvalue weighted by molar-refractivity contribution is 5.87. The van der Waals surface area contributed by atoms with Gasteiger partial charge in [0, 0.05) is 11.8 Å². The molecule has 0 aliphatic heterocycles. The van der Waals surface area contributed by atoms with Gasteiger partial charge in [0.15, 0.2) is 0 Å². The highest BCUT2D eigenvalue weighted by atomic mass is 16.5. The van der Waals surface area contributed by atoms with Crippen LogP contribution < -0.4 is 10.2 Å². The molecule has 1 heterocycles. The van der Waals surface area contributed by atoms with E-state index in [4.69, 9.17) is 4.74 Å². The maximum atomic E-state index is 11.9. The van der Waals surface area contributed by atoms with Gasteiger partial charge >= 0.3 is 5.97 Å². The molecule has 21 heavy (non-hydrogen) atoms. The first-order valence-corrected chi connectivity index (χ1v) is 6.32. The zero-order valence-electron chi connectivity index (χ0n) is 12.3. The number of rotatable bonds is 3. The Labute approximate surface area is 121 Å². The van der Waals surface area contributed by atoms with Crippen LogP contribution in [-0.2, 0) is 4.74 Å². The Morgan fingerprint density at radius 1 is 1.19 bits per heavy atom. The minimum absolute atomic E-state index is 0.231. The Balaban J connectivity index is 2.59. The summed E-state index contributed by atoms with van der Waals surface area (Å²) in [5, 5.41) is 4.06. The van der Waals surface area contributed by atoms with E-state index < -0.39 is 11.4 Å². The van der Waals surface area contributed by atoms with E-state index in [0.29, 0.717) is 5.56 Å². The first-order valence-electron chi connectivity index (χ1n) is 6.32. The third kappa shape index (κ3) is 2.79. The Kier molecular flexibility index (Phi) is 4.07. The molecule has 6 heteroatoms. The van der Waals surface area contributed by atoms with E-state index in [2.05, 4.69) is 9.84 Å². The maximum Gasteiger partial charge on any atom is 0.362 e.